The molecule has 0 aliphatic rings. The molecule has 0 fully saturated rings. The standard InChI is InChI=1S/C13H18ClNO4/c1-18-11-7-9(6-10(14)13(11)19-2)8-15-5-3-4-12(16)17/h6-7,15H,3-5,8H2,1-2H3,(H,16,17). The normalized spacial score (nSPS) is 10.3. The maximum atomic E-state index is 10.4. The molecule has 0 unspecified atom stereocenters. The fraction of sp³-hybridized carbons (Fsp3) is 0.462. The molecule has 19 heavy (non-hydrogen) atoms. The number of carboxylic acid groups (broad SMARTS) is 1. The molecule has 1 aromatic carbocycles. The van der Waals surface area contributed by atoms with Gasteiger partial charge in [0.15, 0.2) is 11.5 Å². The molecule has 1 rings (SSSR count). The molecule has 0 heterocycles. The Morgan fingerprint density at radius 1 is 1.37 bits per heavy atom. The molecule has 6 heteroatoms. The summed E-state index contributed by atoms with van der Waals surface area (Å²) in [4.78, 5) is 10.4. The zero-order valence-electron chi connectivity index (χ0n) is 11.0. The van der Waals surface area contributed by atoms with Crippen LogP contribution in [0.25, 0.3) is 0 Å². The molecule has 0 radical (unpaired) electrons. The lowest BCUT2D eigenvalue weighted by Crippen LogP contribution is -2.15. The Morgan fingerprint density at radius 3 is 2.68 bits per heavy atom. The molecule has 0 amide bonds. The average Bonchev–Trinajstić information content (AvgIpc) is 2.37. The predicted octanol–water partition coefficient (Wildman–Crippen LogP) is 2.31. The second-order valence-electron chi connectivity index (χ2n) is 3.99. The van der Waals surface area contributed by atoms with Gasteiger partial charge < -0.3 is 19.9 Å². The van der Waals surface area contributed by atoms with Crippen molar-refractivity contribution < 1.29 is 19.4 Å². The summed E-state index contributed by atoms with van der Waals surface area (Å²) in [5.41, 5.74) is 0.956. The van der Waals surface area contributed by atoms with Gasteiger partial charge in [0.2, 0.25) is 0 Å². The summed E-state index contributed by atoms with van der Waals surface area (Å²) in [6.07, 6.45) is 0.760. The molecule has 0 spiro atoms. The van der Waals surface area contributed by atoms with Crippen molar-refractivity contribution >= 4 is 17.6 Å². The maximum Gasteiger partial charge on any atom is 0.303 e. The minimum Gasteiger partial charge on any atom is -0.493 e. The van der Waals surface area contributed by atoms with Gasteiger partial charge in [0, 0.05) is 13.0 Å². The first kappa shape index (κ1) is 15.6. The van der Waals surface area contributed by atoms with Crippen molar-refractivity contribution in [2.24, 2.45) is 0 Å². The van der Waals surface area contributed by atoms with E-state index in [0.717, 1.165) is 5.56 Å². The van der Waals surface area contributed by atoms with Crippen LogP contribution in [-0.2, 0) is 11.3 Å². The number of rotatable bonds is 8. The number of aliphatic carboxylic acids is 1. The second kappa shape index (κ2) is 7.86. The number of nitrogens with one attached hydrogen (secondary N) is 1. The van der Waals surface area contributed by atoms with Crippen LogP contribution in [0.15, 0.2) is 12.1 Å². The van der Waals surface area contributed by atoms with Crippen LogP contribution in [0.1, 0.15) is 18.4 Å². The van der Waals surface area contributed by atoms with Crippen LogP contribution in [0, 0.1) is 0 Å². The summed E-state index contributed by atoms with van der Waals surface area (Å²) in [7, 11) is 3.09. The van der Waals surface area contributed by atoms with Gasteiger partial charge in [-0.05, 0) is 30.7 Å². The molecular weight excluding hydrogens is 270 g/mol. The zero-order valence-corrected chi connectivity index (χ0v) is 11.8. The molecule has 5 nitrogen and oxygen atoms in total. The van der Waals surface area contributed by atoms with E-state index < -0.39 is 5.97 Å². The average molecular weight is 288 g/mol. The van der Waals surface area contributed by atoms with E-state index in [4.69, 9.17) is 26.2 Å². The summed E-state index contributed by atoms with van der Waals surface area (Å²) in [5.74, 6) is 0.312. The van der Waals surface area contributed by atoms with Crippen LogP contribution < -0.4 is 14.8 Å². The SMILES string of the molecule is COc1cc(CNCCCC(=O)O)cc(Cl)c1OC. The van der Waals surface area contributed by atoms with Crippen LogP contribution in [0.2, 0.25) is 5.02 Å². The van der Waals surface area contributed by atoms with Gasteiger partial charge in [0.25, 0.3) is 0 Å². The zero-order chi connectivity index (χ0) is 14.3. The van der Waals surface area contributed by atoms with Crippen molar-refractivity contribution in [3.63, 3.8) is 0 Å². The fourth-order valence-electron chi connectivity index (χ4n) is 1.67. The predicted molar refractivity (Wildman–Crippen MR) is 73.1 cm³/mol. The molecule has 0 aliphatic carbocycles. The summed E-state index contributed by atoms with van der Waals surface area (Å²) < 4.78 is 10.4. The van der Waals surface area contributed by atoms with E-state index in [1.165, 1.54) is 7.11 Å². The first-order valence-corrected chi connectivity index (χ1v) is 6.29. The number of hydrogen-bond acceptors (Lipinski definition) is 4. The van der Waals surface area contributed by atoms with Crippen LogP contribution in [0.3, 0.4) is 0 Å². The minimum atomic E-state index is -0.782. The van der Waals surface area contributed by atoms with Crippen molar-refractivity contribution in [1.29, 1.82) is 0 Å². The first-order valence-electron chi connectivity index (χ1n) is 5.91. The van der Waals surface area contributed by atoms with Gasteiger partial charge in [-0.2, -0.15) is 0 Å². The lowest BCUT2D eigenvalue weighted by atomic mass is 10.2. The number of carboxylic acids is 1. The molecular formula is C13H18ClNO4. The Labute approximate surface area is 117 Å². The van der Waals surface area contributed by atoms with E-state index in [1.807, 2.05) is 6.07 Å². The summed E-state index contributed by atoms with van der Waals surface area (Å²) in [5, 5.41) is 12.2. The van der Waals surface area contributed by atoms with E-state index in [-0.39, 0.29) is 6.42 Å². The second-order valence-corrected chi connectivity index (χ2v) is 4.39. The van der Waals surface area contributed by atoms with Crippen LogP contribution in [0.4, 0.5) is 0 Å². The fourth-order valence-corrected chi connectivity index (χ4v) is 1.98. The Bertz CT molecular complexity index is 437. The van der Waals surface area contributed by atoms with Crippen molar-refractivity contribution in [3.05, 3.63) is 22.7 Å². The summed E-state index contributed by atoms with van der Waals surface area (Å²) in [6.45, 7) is 1.23. The van der Waals surface area contributed by atoms with Crippen LogP contribution in [-0.4, -0.2) is 31.8 Å². The quantitative estimate of drug-likeness (QED) is 0.718. The van der Waals surface area contributed by atoms with Crippen molar-refractivity contribution in [2.45, 2.75) is 19.4 Å². The Balaban J connectivity index is 2.55. The van der Waals surface area contributed by atoms with Gasteiger partial charge in [-0.3, -0.25) is 4.79 Å². The maximum absolute atomic E-state index is 10.4. The van der Waals surface area contributed by atoms with Crippen molar-refractivity contribution in [3.8, 4) is 11.5 Å². The van der Waals surface area contributed by atoms with Gasteiger partial charge in [-0.1, -0.05) is 11.6 Å². The Kier molecular flexibility index (Phi) is 6.45. The molecule has 0 saturated carbocycles. The molecule has 0 aromatic heterocycles. The summed E-state index contributed by atoms with van der Waals surface area (Å²) >= 11 is 6.08. The first-order chi connectivity index (χ1) is 9.08. The van der Waals surface area contributed by atoms with E-state index in [9.17, 15) is 4.79 Å². The van der Waals surface area contributed by atoms with Gasteiger partial charge in [0.1, 0.15) is 0 Å². The van der Waals surface area contributed by atoms with Crippen molar-refractivity contribution in [2.75, 3.05) is 20.8 Å². The number of hydrogen-bond donors (Lipinski definition) is 2. The highest BCUT2D eigenvalue weighted by Gasteiger charge is 2.10. The summed E-state index contributed by atoms with van der Waals surface area (Å²) in [6, 6.07) is 3.64. The van der Waals surface area contributed by atoms with Gasteiger partial charge >= 0.3 is 5.97 Å². The molecule has 0 saturated heterocycles. The van der Waals surface area contributed by atoms with E-state index in [2.05, 4.69) is 5.32 Å². The molecule has 1 aromatic rings. The van der Waals surface area contributed by atoms with Gasteiger partial charge in [-0.15, -0.1) is 0 Å². The van der Waals surface area contributed by atoms with Crippen LogP contribution >= 0.6 is 11.6 Å². The monoisotopic (exact) mass is 287 g/mol. The van der Waals surface area contributed by atoms with E-state index in [0.29, 0.717) is 36.0 Å². The highest BCUT2D eigenvalue weighted by molar-refractivity contribution is 6.32. The number of halogens is 1. The molecule has 0 bridgehead atoms. The Hall–Kier alpha value is -1.46. The lowest BCUT2D eigenvalue weighted by molar-refractivity contribution is -0.137. The number of ether oxygens (including phenoxy) is 2. The highest BCUT2D eigenvalue weighted by atomic mass is 35.5. The lowest BCUT2D eigenvalue weighted by Gasteiger charge is -2.12. The molecule has 2 N–H and O–H groups in total. The highest BCUT2D eigenvalue weighted by Crippen LogP contribution is 2.35. The molecule has 106 valence electrons. The Morgan fingerprint density at radius 2 is 2.11 bits per heavy atom. The molecule has 0 aliphatic heterocycles. The van der Waals surface area contributed by atoms with Crippen molar-refractivity contribution in [1.82, 2.24) is 5.32 Å². The third-order valence-corrected chi connectivity index (χ3v) is 2.85. The van der Waals surface area contributed by atoms with E-state index >= 15 is 0 Å². The molecule has 0 atom stereocenters. The third kappa shape index (κ3) is 4.96. The number of carbonyl (C=O) groups is 1. The van der Waals surface area contributed by atoms with Crippen LogP contribution in [0.5, 0.6) is 11.5 Å². The van der Waals surface area contributed by atoms with Gasteiger partial charge in [-0.25, -0.2) is 0 Å². The minimum absolute atomic E-state index is 0.166. The van der Waals surface area contributed by atoms with E-state index in [1.54, 1.807) is 13.2 Å². The largest absolute Gasteiger partial charge is 0.493 e. The topological polar surface area (TPSA) is 67.8 Å². The van der Waals surface area contributed by atoms with Gasteiger partial charge in [0.05, 0.1) is 19.2 Å². The smallest absolute Gasteiger partial charge is 0.303 e. The number of benzene rings is 1. The number of methoxy groups -OCH3 is 2. The third-order valence-electron chi connectivity index (χ3n) is 2.57.